The first-order valence-electron chi connectivity index (χ1n) is 5.62. The molecular formula is C14H16FNO. The summed E-state index contributed by atoms with van der Waals surface area (Å²) in [7, 11) is 0. The maximum atomic E-state index is 12.9. The Morgan fingerprint density at radius 2 is 1.94 bits per heavy atom. The van der Waals surface area contributed by atoms with E-state index in [2.05, 4.69) is 6.92 Å². The maximum Gasteiger partial charge on any atom is 0.123 e. The predicted octanol–water partition coefficient (Wildman–Crippen LogP) is 2.88. The molecule has 0 amide bonds. The van der Waals surface area contributed by atoms with Gasteiger partial charge in [0, 0.05) is 18.4 Å². The van der Waals surface area contributed by atoms with Gasteiger partial charge in [0.25, 0.3) is 0 Å². The van der Waals surface area contributed by atoms with Gasteiger partial charge in [-0.3, -0.25) is 0 Å². The molecule has 1 atom stereocenters. The lowest BCUT2D eigenvalue weighted by atomic mass is 9.79. The van der Waals surface area contributed by atoms with Gasteiger partial charge in [-0.1, -0.05) is 19.1 Å². The second-order valence-corrected chi connectivity index (χ2v) is 4.53. The summed E-state index contributed by atoms with van der Waals surface area (Å²) in [4.78, 5) is 0. The van der Waals surface area contributed by atoms with E-state index in [4.69, 9.17) is 10.2 Å². The maximum absolute atomic E-state index is 12.9. The van der Waals surface area contributed by atoms with E-state index in [1.165, 1.54) is 12.1 Å². The molecule has 2 N–H and O–H groups in total. The summed E-state index contributed by atoms with van der Waals surface area (Å²) in [6.45, 7) is 2.54. The number of hydrogen-bond acceptors (Lipinski definition) is 2. The number of hydrogen-bond donors (Lipinski definition) is 1. The number of rotatable bonds is 4. The van der Waals surface area contributed by atoms with Crippen molar-refractivity contribution in [2.24, 2.45) is 5.73 Å². The molecule has 90 valence electrons. The summed E-state index contributed by atoms with van der Waals surface area (Å²) >= 11 is 0. The van der Waals surface area contributed by atoms with Crippen molar-refractivity contribution in [3.05, 3.63) is 59.8 Å². The summed E-state index contributed by atoms with van der Waals surface area (Å²) in [5, 5.41) is 0. The van der Waals surface area contributed by atoms with Crippen LogP contribution in [0.3, 0.4) is 0 Å². The van der Waals surface area contributed by atoms with Gasteiger partial charge in [0.1, 0.15) is 11.6 Å². The molecule has 0 fully saturated rings. The van der Waals surface area contributed by atoms with E-state index in [0.29, 0.717) is 13.0 Å². The van der Waals surface area contributed by atoms with Crippen molar-refractivity contribution in [3.8, 4) is 0 Å². The molecule has 0 radical (unpaired) electrons. The Bertz CT molecular complexity index is 463. The van der Waals surface area contributed by atoms with Crippen molar-refractivity contribution in [3.63, 3.8) is 0 Å². The third-order valence-electron chi connectivity index (χ3n) is 3.14. The fourth-order valence-electron chi connectivity index (χ4n) is 1.94. The zero-order valence-electron chi connectivity index (χ0n) is 9.82. The van der Waals surface area contributed by atoms with Crippen molar-refractivity contribution >= 4 is 0 Å². The first kappa shape index (κ1) is 11.9. The first-order chi connectivity index (χ1) is 8.14. The molecule has 0 aliphatic heterocycles. The summed E-state index contributed by atoms with van der Waals surface area (Å²) in [5.74, 6) is 0.661. The minimum absolute atomic E-state index is 0.230. The molecule has 0 aliphatic carbocycles. The average Bonchev–Trinajstić information content (AvgIpc) is 2.82. The predicted molar refractivity (Wildman–Crippen MR) is 65.2 cm³/mol. The van der Waals surface area contributed by atoms with E-state index >= 15 is 0 Å². The summed E-state index contributed by atoms with van der Waals surface area (Å²) in [5.41, 5.74) is 6.65. The molecule has 0 saturated heterocycles. The van der Waals surface area contributed by atoms with Crippen LogP contribution in [0.2, 0.25) is 0 Å². The van der Waals surface area contributed by atoms with Gasteiger partial charge < -0.3 is 10.2 Å². The van der Waals surface area contributed by atoms with E-state index in [9.17, 15) is 4.39 Å². The van der Waals surface area contributed by atoms with Crippen LogP contribution in [0.5, 0.6) is 0 Å². The highest BCUT2D eigenvalue weighted by Gasteiger charge is 2.26. The van der Waals surface area contributed by atoms with E-state index in [1.54, 1.807) is 18.4 Å². The SMILES string of the molecule is CC(CN)(Cc1ccco1)c1ccc(F)cc1. The van der Waals surface area contributed by atoms with Crippen LogP contribution >= 0.6 is 0 Å². The van der Waals surface area contributed by atoms with Crippen LogP contribution in [0, 0.1) is 5.82 Å². The minimum Gasteiger partial charge on any atom is -0.469 e. The molecule has 1 aromatic carbocycles. The Balaban J connectivity index is 2.27. The molecule has 17 heavy (non-hydrogen) atoms. The topological polar surface area (TPSA) is 39.2 Å². The lowest BCUT2D eigenvalue weighted by Gasteiger charge is -2.27. The molecule has 3 heteroatoms. The summed E-state index contributed by atoms with van der Waals surface area (Å²) in [6, 6.07) is 10.3. The monoisotopic (exact) mass is 233 g/mol. The number of halogens is 1. The van der Waals surface area contributed by atoms with Crippen molar-refractivity contribution in [1.29, 1.82) is 0 Å². The number of nitrogens with two attached hydrogens (primary N) is 1. The van der Waals surface area contributed by atoms with Crippen LogP contribution in [0.25, 0.3) is 0 Å². The van der Waals surface area contributed by atoms with Crippen LogP contribution in [0.4, 0.5) is 4.39 Å². The van der Waals surface area contributed by atoms with Crippen LogP contribution in [-0.2, 0) is 11.8 Å². The van der Waals surface area contributed by atoms with Gasteiger partial charge in [-0.05, 0) is 29.8 Å². The van der Waals surface area contributed by atoms with E-state index < -0.39 is 0 Å². The molecule has 0 bridgehead atoms. The van der Waals surface area contributed by atoms with Gasteiger partial charge in [0.05, 0.1) is 6.26 Å². The number of benzene rings is 1. The Labute approximate surface area is 100 Å². The van der Waals surface area contributed by atoms with Crippen LogP contribution in [0.15, 0.2) is 47.1 Å². The molecule has 2 nitrogen and oxygen atoms in total. The van der Waals surface area contributed by atoms with Gasteiger partial charge in [-0.25, -0.2) is 4.39 Å². The number of furan rings is 1. The molecule has 0 saturated carbocycles. The normalized spacial score (nSPS) is 14.5. The second kappa shape index (κ2) is 4.72. The van der Waals surface area contributed by atoms with E-state index in [0.717, 1.165) is 11.3 Å². The Kier molecular flexibility index (Phi) is 3.29. The summed E-state index contributed by atoms with van der Waals surface area (Å²) < 4.78 is 18.3. The Morgan fingerprint density at radius 3 is 2.47 bits per heavy atom. The third kappa shape index (κ3) is 2.56. The summed E-state index contributed by atoms with van der Waals surface area (Å²) in [6.07, 6.45) is 2.36. The Hall–Kier alpha value is -1.61. The second-order valence-electron chi connectivity index (χ2n) is 4.53. The van der Waals surface area contributed by atoms with E-state index in [1.807, 2.05) is 12.1 Å². The molecule has 1 aromatic heterocycles. The zero-order valence-corrected chi connectivity index (χ0v) is 9.82. The largest absolute Gasteiger partial charge is 0.469 e. The quantitative estimate of drug-likeness (QED) is 0.882. The minimum atomic E-state index is -0.231. The van der Waals surface area contributed by atoms with E-state index in [-0.39, 0.29) is 11.2 Å². The van der Waals surface area contributed by atoms with Gasteiger partial charge in [-0.15, -0.1) is 0 Å². The highest BCUT2D eigenvalue weighted by Crippen LogP contribution is 2.27. The van der Waals surface area contributed by atoms with Gasteiger partial charge >= 0.3 is 0 Å². The Morgan fingerprint density at radius 1 is 1.24 bits per heavy atom. The van der Waals surface area contributed by atoms with Gasteiger partial charge in [0.2, 0.25) is 0 Å². The molecule has 1 heterocycles. The molecule has 2 aromatic rings. The van der Waals surface area contributed by atoms with Crippen molar-refractivity contribution < 1.29 is 8.81 Å². The molecule has 0 aliphatic rings. The standard InChI is InChI=1S/C14H16FNO/c1-14(10-16,9-13-3-2-8-17-13)11-4-6-12(15)7-5-11/h2-8H,9-10,16H2,1H3. The fourth-order valence-corrected chi connectivity index (χ4v) is 1.94. The highest BCUT2D eigenvalue weighted by atomic mass is 19.1. The highest BCUT2D eigenvalue weighted by molar-refractivity contribution is 5.27. The van der Waals surface area contributed by atoms with Gasteiger partial charge in [0.15, 0.2) is 0 Å². The third-order valence-corrected chi connectivity index (χ3v) is 3.14. The zero-order chi connectivity index (χ0) is 12.3. The van der Waals surface area contributed by atoms with Crippen LogP contribution in [0.1, 0.15) is 18.2 Å². The van der Waals surface area contributed by atoms with Crippen LogP contribution < -0.4 is 5.73 Å². The average molecular weight is 233 g/mol. The molecule has 0 spiro atoms. The van der Waals surface area contributed by atoms with Gasteiger partial charge in [-0.2, -0.15) is 0 Å². The smallest absolute Gasteiger partial charge is 0.123 e. The lowest BCUT2D eigenvalue weighted by molar-refractivity contribution is 0.411. The molecule has 2 rings (SSSR count). The van der Waals surface area contributed by atoms with Crippen molar-refractivity contribution in [2.75, 3.05) is 6.54 Å². The van der Waals surface area contributed by atoms with Crippen LogP contribution in [-0.4, -0.2) is 6.54 Å². The first-order valence-corrected chi connectivity index (χ1v) is 5.62. The molecular weight excluding hydrogens is 217 g/mol. The van der Waals surface area contributed by atoms with Crippen molar-refractivity contribution in [2.45, 2.75) is 18.8 Å². The molecule has 1 unspecified atom stereocenters. The van der Waals surface area contributed by atoms with Crippen molar-refractivity contribution in [1.82, 2.24) is 0 Å². The lowest BCUT2D eigenvalue weighted by Crippen LogP contribution is -2.34. The fraction of sp³-hybridized carbons (Fsp3) is 0.286.